The lowest BCUT2D eigenvalue weighted by Gasteiger charge is -2.20. The fourth-order valence-corrected chi connectivity index (χ4v) is 1.93. The molecule has 0 atom stereocenters. The highest BCUT2D eigenvalue weighted by atomic mass is 16.1. The molecular weight excluding hydrogens is 226 g/mol. The van der Waals surface area contributed by atoms with E-state index in [0.29, 0.717) is 6.54 Å². The number of hydrogen-bond donors (Lipinski definition) is 1. The first-order valence-corrected chi connectivity index (χ1v) is 6.16. The van der Waals surface area contributed by atoms with E-state index in [2.05, 4.69) is 16.3 Å². The molecule has 2 heterocycles. The van der Waals surface area contributed by atoms with Gasteiger partial charge in [-0.25, -0.2) is 0 Å². The molecule has 0 aliphatic carbocycles. The molecule has 1 amide bonds. The van der Waals surface area contributed by atoms with Gasteiger partial charge in [-0.15, -0.1) is 0 Å². The molecule has 1 N–H and O–H groups in total. The minimum atomic E-state index is 0.00429. The van der Waals surface area contributed by atoms with Gasteiger partial charge in [-0.05, 0) is 25.3 Å². The summed E-state index contributed by atoms with van der Waals surface area (Å²) < 4.78 is 1.95. The Hall–Kier alpha value is -1.97. The highest BCUT2D eigenvalue weighted by Crippen LogP contribution is 2.07. The quantitative estimate of drug-likeness (QED) is 0.871. The van der Waals surface area contributed by atoms with E-state index in [1.165, 1.54) is 0 Å². The molecule has 0 bridgehead atoms. The third-order valence-electron chi connectivity index (χ3n) is 3.20. The van der Waals surface area contributed by atoms with E-state index >= 15 is 0 Å². The first kappa shape index (κ1) is 12.5. The standard InChI is InChI=1S/C14H19N3O/c1-12-13(6-10-16(12)2)14(18)15-7-11-17-8-4-3-5-9-17/h3-6,8,10H,7,9,11H2,1-2H3,(H,15,18). The van der Waals surface area contributed by atoms with Crippen LogP contribution < -0.4 is 5.32 Å². The number of carbonyl (C=O) groups excluding carboxylic acids is 1. The van der Waals surface area contributed by atoms with E-state index in [4.69, 9.17) is 0 Å². The topological polar surface area (TPSA) is 37.3 Å². The van der Waals surface area contributed by atoms with E-state index in [1.54, 1.807) is 0 Å². The molecule has 1 aromatic rings. The second kappa shape index (κ2) is 5.58. The number of nitrogens with zero attached hydrogens (tertiary/aromatic N) is 2. The molecule has 4 nitrogen and oxygen atoms in total. The summed E-state index contributed by atoms with van der Waals surface area (Å²) in [5, 5.41) is 2.95. The van der Waals surface area contributed by atoms with Gasteiger partial charge in [0.2, 0.25) is 0 Å². The van der Waals surface area contributed by atoms with E-state index < -0.39 is 0 Å². The molecule has 0 aromatic carbocycles. The normalized spacial score (nSPS) is 14.0. The second-order valence-corrected chi connectivity index (χ2v) is 4.45. The van der Waals surface area contributed by atoms with Crippen molar-refractivity contribution in [2.24, 2.45) is 7.05 Å². The Kier molecular flexibility index (Phi) is 3.87. The third-order valence-corrected chi connectivity index (χ3v) is 3.20. The maximum absolute atomic E-state index is 11.9. The van der Waals surface area contributed by atoms with Crippen molar-refractivity contribution in [3.63, 3.8) is 0 Å². The number of allylic oxidation sites excluding steroid dienone is 2. The summed E-state index contributed by atoms with van der Waals surface area (Å²) in [7, 11) is 1.94. The number of rotatable bonds is 4. The largest absolute Gasteiger partial charge is 0.372 e. The second-order valence-electron chi connectivity index (χ2n) is 4.45. The van der Waals surface area contributed by atoms with Crippen molar-refractivity contribution in [1.29, 1.82) is 0 Å². The van der Waals surface area contributed by atoms with Gasteiger partial charge in [-0.1, -0.05) is 12.2 Å². The maximum Gasteiger partial charge on any atom is 0.253 e. The average Bonchev–Trinajstić information content (AvgIpc) is 2.71. The van der Waals surface area contributed by atoms with Crippen molar-refractivity contribution in [2.45, 2.75) is 6.92 Å². The highest BCUT2D eigenvalue weighted by molar-refractivity contribution is 5.95. The van der Waals surface area contributed by atoms with Crippen molar-refractivity contribution < 1.29 is 4.79 Å². The highest BCUT2D eigenvalue weighted by Gasteiger charge is 2.10. The zero-order valence-corrected chi connectivity index (χ0v) is 10.9. The monoisotopic (exact) mass is 245 g/mol. The summed E-state index contributed by atoms with van der Waals surface area (Å²) in [6.45, 7) is 4.35. The molecule has 18 heavy (non-hydrogen) atoms. The Morgan fingerprint density at radius 1 is 1.44 bits per heavy atom. The van der Waals surface area contributed by atoms with Crippen LogP contribution in [-0.4, -0.2) is 35.0 Å². The number of nitrogens with one attached hydrogen (secondary N) is 1. The van der Waals surface area contributed by atoms with Gasteiger partial charge >= 0.3 is 0 Å². The lowest BCUT2D eigenvalue weighted by molar-refractivity contribution is 0.0950. The van der Waals surface area contributed by atoms with Crippen LogP contribution in [0.15, 0.2) is 36.7 Å². The lowest BCUT2D eigenvalue weighted by atomic mass is 10.2. The smallest absolute Gasteiger partial charge is 0.253 e. The Balaban J connectivity index is 1.80. The average molecular weight is 245 g/mol. The summed E-state index contributed by atoms with van der Waals surface area (Å²) in [4.78, 5) is 14.1. The molecule has 1 aliphatic heterocycles. The molecule has 0 unspecified atom stereocenters. The minimum Gasteiger partial charge on any atom is -0.372 e. The van der Waals surface area contributed by atoms with Crippen LogP contribution >= 0.6 is 0 Å². The molecule has 1 aliphatic rings. The minimum absolute atomic E-state index is 0.00429. The van der Waals surface area contributed by atoms with E-state index in [1.807, 2.05) is 49.2 Å². The van der Waals surface area contributed by atoms with Crippen LogP contribution in [0.1, 0.15) is 16.1 Å². The summed E-state index contributed by atoms with van der Waals surface area (Å²) >= 11 is 0. The maximum atomic E-state index is 11.9. The van der Waals surface area contributed by atoms with Crippen LogP contribution in [0, 0.1) is 6.92 Å². The molecule has 0 fully saturated rings. The third kappa shape index (κ3) is 2.83. The van der Waals surface area contributed by atoms with Gasteiger partial charge in [0, 0.05) is 38.6 Å². The molecule has 0 radical (unpaired) electrons. The van der Waals surface area contributed by atoms with Gasteiger partial charge in [0.05, 0.1) is 5.56 Å². The molecule has 4 heteroatoms. The molecule has 2 rings (SSSR count). The van der Waals surface area contributed by atoms with Crippen LogP contribution in [0.2, 0.25) is 0 Å². The van der Waals surface area contributed by atoms with Crippen molar-refractivity contribution in [1.82, 2.24) is 14.8 Å². The van der Waals surface area contributed by atoms with Gasteiger partial charge in [0.15, 0.2) is 0 Å². The van der Waals surface area contributed by atoms with Crippen LogP contribution in [0.4, 0.5) is 0 Å². The van der Waals surface area contributed by atoms with Gasteiger partial charge in [0.25, 0.3) is 5.91 Å². The number of aryl methyl sites for hydroxylation is 1. The Morgan fingerprint density at radius 2 is 2.28 bits per heavy atom. The van der Waals surface area contributed by atoms with Gasteiger partial charge in [-0.3, -0.25) is 4.79 Å². The predicted molar refractivity (Wildman–Crippen MR) is 72.3 cm³/mol. The number of hydrogen-bond acceptors (Lipinski definition) is 2. The fraction of sp³-hybridized carbons (Fsp3) is 0.357. The SMILES string of the molecule is Cc1c(C(=O)NCCN2C=CC=CC2)ccn1C. The van der Waals surface area contributed by atoms with E-state index in [-0.39, 0.29) is 5.91 Å². The fourth-order valence-electron chi connectivity index (χ4n) is 1.93. The summed E-state index contributed by atoms with van der Waals surface area (Å²) in [5.74, 6) is 0.00429. The zero-order chi connectivity index (χ0) is 13.0. The van der Waals surface area contributed by atoms with Crippen molar-refractivity contribution >= 4 is 5.91 Å². The molecule has 96 valence electrons. The molecular formula is C14H19N3O. The Bertz CT molecular complexity index is 485. The van der Waals surface area contributed by atoms with Gasteiger partial charge in [-0.2, -0.15) is 0 Å². The first-order chi connectivity index (χ1) is 8.68. The van der Waals surface area contributed by atoms with Crippen molar-refractivity contribution in [2.75, 3.05) is 19.6 Å². The van der Waals surface area contributed by atoms with E-state index in [0.717, 1.165) is 24.3 Å². The van der Waals surface area contributed by atoms with Crippen LogP contribution in [-0.2, 0) is 7.05 Å². The van der Waals surface area contributed by atoms with Crippen LogP contribution in [0.5, 0.6) is 0 Å². The lowest BCUT2D eigenvalue weighted by Crippen LogP contribution is -2.33. The molecule has 0 saturated carbocycles. The van der Waals surface area contributed by atoms with Gasteiger partial charge in [0.1, 0.15) is 0 Å². The predicted octanol–water partition coefficient (Wildman–Crippen LogP) is 1.45. The van der Waals surface area contributed by atoms with Gasteiger partial charge < -0.3 is 14.8 Å². The molecule has 0 spiro atoms. The first-order valence-electron chi connectivity index (χ1n) is 6.16. The summed E-state index contributed by atoms with van der Waals surface area (Å²) in [6, 6.07) is 1.86. The van der Waals surface area contributed by atoms with Crippen molar-refractivity contribution in [3.8, 4) is 0 Å². The molecule has 1 aromatic heterocycles. The number of aromatic nitrogens is 1. The molecule has 0 saturated heterocycles. The summed E-state index contributed by atoms with van der Waals surface area (Å²) in [5.41, 5.74) is 1.75. The zero-order valence-electron chi connectivity index (χ0n) is 10.9. The van der Waals surface area contributed by atoms with E-state index in [9.17, 15) is 4.79 Å². The summed E-state index contributed by atoms with van der Waals surface area (Å²) in [6.07, 6.45) is 10.1. The Morgan fingerprint density at radius 3 is 2.89 bits per heavy atom. The van der Waals surface area contributed by atoms with Crippen LogP contribution in [0.3, 0.4) is 0 Å². The van der Waals surface area contributed by atoms with Crippen LogP contribution in [0.25, 0.3) is 0 Å². The number of amides is 1. The Labute approximate surface area is 108 Å². The van der Waals surface area contributed by atoms with Crippen molar-refractivity contribution in [3.05, 3.63) is 47.9 Å². The number of carbonyl (C=O) groups is 1.